The first-order chi connectivity index (χ1) is 10.3. The van der Waals surface area contributed by atoms with Gasteiger partial charge in [0.15, 0.2) is 11.0 Å². The zero-order chi connectivity index (χ0) is 14.7. The van der Waals surface area contributed by atoms with E-state index in [2.05, 4.69) is 15.6 Å². The molecule has 21 heavy (non-hydrogen) atoms. The molecule has 3 N–H and O–H groups in total. The second-order valence-electron chi connectivity index (χ2n) is 5.28. The van der Waals surface area contributed by atoms with E-state index in [4.69, 9.17) is 10.4 Å². The molecular formula is C14H19N5O2. The largest absolute Gasteiger partial charge is 0.397 e. The van der Waals surface area contributed by atoms with E-state index in [1.165, 1.54) is 6.42 Å². The van der Waals surface area contributed by atoms with E-state index in [9.17, 15) is 4.79 Å². The SMILES string of the molecule is Nc1ccc(NCCC(=O)N2CCCCC2)c2nonc12. The topological polar surface area (TPSA) is 97.3 Å². The summed E-state index contributed by atoms with van der Waals surface area (Å²) >= 11 is 0. The third-order valence-electron chi connectivity index (χ3n) is 3.81. The van der Waals surface area contributed by atoms with Crippen molar-refractivity contribution in [3.8, 4) is 0 Å². The Kier molecular flexibility index (Phi) is 3.89. The predicted octanol–water partition coefficient (Wildman–Crippen LogP) is 1.62. The quantitative estimate of drug-likeness (QED) is 0.830. The normalized spacial score (nSPS) is 15.3. The van der Waals surface area contributed by atoms with Crippen molar-refractivity contribution in [2.45, 2.75) is 25.7 Å². The van der Waals surface area contributed by atoms with Crippen LogP contribution in [0.25, 0.3) is 11.0 Å². The lowest BCUT2D eigenvalue weighted by Gasteiger charge is -2.26. The van der Waals surface area contributed by atoms with Gasteiger partial charge in [0.2, 0.25) is 5.91 Å². The summed E-state index contributed by atoms with van der Waals surface area (Å²) in [4.78, 5) is 14.0. The van der Waals surface area contributed by atoms with E-state index in [0.29, 0.717) is 29.7 Å². The summed E-state index contributed by atoms with van der Waals surface area (Å²) in [6.07, 6.45) is 3.92. The highest BCUT2D eigenvalue weighted by atomic mass is 16.6. The highest BCUT2D eigenvalue weighted by molar-refractivity contribution is 5.95. The summed E-state index contributed by atoms with van der Waals surface area (Å²) in [6, 6.07) is 3.58. The van der Waals surface area contributed by atoms with Gasteiger partial charge in [-0.25, -0.2) is 4.63 Å². The van der Waals surface area contributed by atoms with Crippen molar-refractivity contribution in [2.75, 3.05) is 30.7 Å². The van der Waals surface area contributed by atoms with Gasteiger partial charge in [0.1, 0.15) is 0 Å². The number of amides is 1. The highest BCUT2D eigenvalue weighted by Gasteiger charge is 2.16. The minimum absolute atomic E-state index is 0.201. The molecule has 2 aromatic rings. The number of nitrogens with zero attached hydrogens (tertiary/aromatic N) is 3. The maximum absolute atomic E-state index is 12.1. The first-order valence-corrected chi connectivity index (χ1v) is 7.28. The molecule has 0 bridgehead atoms. The van der Waals surface area contributed by atoms with Crippen molar-refractivity contribution >= 4 is 28.3 Å². The third kappa shape index (κ3) is 2.91. The molecule has 2 heterocycles. The van der Waals surface area contributed by atoms with Gasteiger partial charge in [-0.15, -0.1) is 0 Å². The van der Waals surface area contributed by atoms with Crippen LogP contribution in [0.15, 0.2) is 16.8 Å². The van der Waals surface area contributed by atoms with Crippen LogP contribution in [0.2, 0.25) is 0 Å². The van der Waals surface area contributed by atoms with Gasteiger partial charge in [0.05, 0.1) is 11.4 Å². The fourth-order valence-corrected chi connectivity index (χ4v) is 2.63. The second-order valence-corrected chi connectivity index (χ2v) is 5.28. The minimum Gasteiger partial charge on any atom is -0.397 e. The summed E-state index contributed by atoms with van der Waals surface area (Å²) in [5.41, 5.74) is 8.25. The van der Waals surface area contributed by atoms with Crippen LogP contribution in [0, 0.1) is 0 Å². The highest BCUT2D eigenvalue weighted by Crippen LogP contribution is 2.25. The van der Waals surface area contributed by atoms with Crippen LogP contribution in [0.3, 0.4) is 0 Å². The summed E-state index contributed by atoms with van der Waals surface area (Å²) in [5.74, 6) is 0.201. The maximum Gasteiger partial charge on any atom is 0.224 e. The minimum atomic E-state index is 0.201. The van der Waals surface area contributed by atoms with Crippen LogP contribution in [0.5, 0.6) is 0 Å². The predicted molar refractivity (Wildman–Crippen MR) is 79.8 cm³/mol. The van der Waals surface area contributed by atoms with Gasteiger partial charge in [-0.05, 0) is 41.7 Å². The Balaban J connectivity index is 1.58. The molecule has 1 aliphatic rings. The monoisotopic (exact) mass is 289 g/mol. The Morgan fingerprint density at radius 1 is 1.24 bits per heavy atom. The van der Waals surface area contributed by atoms with Crippen molar-refractivity contribution in [1.29, 1.82) is 0 Å². The number of nitrogen functional groups attached to an aromatic ring is 1. The van der Waals surface area contributed by atoms with E-state index >= 15 is 0 Å². The lowest BCUT2D eigenvalue weighted by Crippen LogP contribution is -2.36. The Bertz CT molecular complexity index is 633. The summed E-state index contributed by atoms with van der Waals surface area (Å²) in [7, 11) is 0. The molecule has 112 valence electrons. The number of carbonyl (C=O) groups excluding carboxylic acids is 1. The number of anilines is 2. The molecular weight excluding hydrogens is 270 g/mol. The molecule has 3 rings (SSSR count). The van der Waals surface area contributed by atoms with E-state index in [1.54, 1.807) is 6.07 Å². The molecule has 0 spiro atoms. The van der Waals surface area contributed by atoms with Crippen molar-refractivity contribution in [2.24, 2.45) is 0 Å². The molecule has 1 aliphatic heterocycles. The number of fused-ring (bicyclic) bond motifs is 1. The number of aromatic nitrogens is 2. The molecule has 0 radical (unpaired) electrons. The molecule has 0 unspecified atom stereocenters. The fraction of sp³-hybridized carbons (Fsp3) is 0.500. The Labute approximate surface area is 122 Å². The van der Waals surface area contributed by atoms with Crippen LogP contribution < -0.4 is 11.1 Å². The standard InChI is InChI=1S/C14H19N5O2/c15-10-4-5-11(14-13(10)17-21-18-14)16-7-6-12(20)19-8-2-1-3-9-19/h4-5,16H,1-3,6-9,15H2. The van der Waals surface area contributed by atoms with Crippen LogP contribution in [0.1, 0.15) is 25.7 Å². The average molecular weight is 289 g/mol. The number of hydrogen-bond acceptors (Lipinski definition) is 6. The van der Waals surface area contributed by atoms with Crippen LogP contribution in [-0.4, -0.2) is 40.8 Å². The summed E-state index contributed by atoms with van der Waals surface area (Å²) in [6.45, 7) is 2.33. The molecule has 1 aromatic heterocycles. The number of likely N-dealkylation sites (tertiary alicyclic amines) is 1. The number of hydrogen-bond donors (Lipinski definition) is 2. The number of nitrogens with two attached hydrogens (primary N) is 1. The number of piperidine rings is 1. The zero-order valence-electron chi connectivity index (χ0n) is 11.8. The fourth-order valence-electron chi connectivity index (χ4n) is 2.63. The average Bonchev–Trinajstić information content (AvgIpc) is 3.01. The molecule has 0 atom stereocenters. The van der Waals surface area contributed by atoms with Gasteiger partial charge in [0, 0.05) is 26.1 Å². The van der Waals surface area contributed by atoms with E-state index in [-0.39, 0.29) is 5.91 Å². The van der Waals surface area contributed by atoms with Crippen molar-refractivity contribution < 1.29 is 9.42 Å². The Morgan fingerprint density at radius 2 is 2.00 bits per heavy atom. The summed E-state index contributed by atoms with van der Waals surface area (Å²) in [5, 5.41) is 10.8. The molecule has 7 heteroatoms. The molecule has 0 saturated carbocycles. The van der Waals surface area contributed by atoms with Crippen LogP contribution >= 0.6 is 0 Å². The van der Waals surface area contributed by atoms with E-state index in [0.717, 1.165) is 31.6 Å². The lowest BCUT2D eigenvalue weighted by atomic mass is 10.1. The molecule has 1 saturated heterocycles. The summed E-state index contributed by atoms with van der Waals surface area (Å²) < 4.78 is 4.71. The molecule has 1 amide bonds. The molecule has 1 fully saturated rings. The van der Waals surface area contributed by atoms with Gasteiger partial charge in [-0.2, -0.15) is 0 Å². The Morgan fingerprint density at radius 3 is 2.81 bits per heavy atom. The number of carbonyl (C=O) groups is 1. The van der Waals surface area contributed by atoms with Gasteiger partial charge in [0.25, 0.3) is 0 Å². The van der Waals surface area contributed by atoms with Gasteiger partial charge in [-0.3, -0.25) is 4.79 Å². The first-order valence-electron chi connectivity index (χ1n) is 7.28. The van der Waals surface area contributed by atoms with Gasteiger partial charge in [-0.1, -0.05) is 0 Å². The number of nitrogens with one attached hydrogen (secondary N) is 1. The van der Waals surface area contributed by atoms with Crippen molar-refractivity contribution in [3.05, 3.63) is 12.1 Å². The van der Waals surface area contributed by atoms with Crippen molar-refractivity contribution in [1.82, 2.24) is 15.2 Å². The van der Waals surface area contributed by atoms with Gasteiger partial charge >= 0.3 is 0 Å². The van der Waals surface area contributed by atoms with Gasteiger partial charge < -0.3 is 16.0 Å². The van der Waals surface area contributed by atoms with E-state index in [1.807, 2.05) is 11.0 Å². The molecule has 7 nitrogen and oxygen atoms in total. The number of benzene rings is 1. The van der Waals surface area contributed by atoms with Crippen LogP contribution in [-0.2, 0) is 4.79 Å². The Hall–Kier alpha value is -2.31. The van der Waals surface area contributed by atoms with Crippen LogP contribution in [0.4, 0.5) is 11.4 Å². The smallest absolute Gasteiger partial charge is 0.224 e. The third-order valence-corrected chi connectivity index (χ3v) is 3.81. The van der Waals surface area contributed by atoms with E-state index < -0.39 is 0 Å². The van der Waals surface area contributed by atoms with Crippen molar-refractivity contribution in [3.63, 3.8) is 0 Å². The zero-order valence-corrected chi connectivity index (χ0v) is 11.8. The first kappa shape index (κ1) is 13.7. The second kappa shape index (κ2) is 5.99. The molecule has 0 aliphatic carbocycles. The number of rotatable bonds is 4. The maximum atomic E-state index is 12.1. The lowest BCUT2D eigenvalue weighted by molar-refractivity contribution is -0.131. The molecule has 1 aromatic carbocycles.